The zero-order valence-corrected chi connectivity index (χ0v) is 13.5. The third-order valence-electron chi connectivity index (χ3n) is 4.62. The number of carbonyl (C=O) groups is 1. The zero-order chi connectivity index (χ0) is 15.3. The van der Waals surface area contributed by atoms with E-state index in [0.29, 0.717) is 26.2 Å². The van der Waals surface area contributed by atoms with E-state index in [1.54, 1.807) is 4.90 Å². The summed E-state index contributed by atoms with van der Waals surface area (Å²) >= 11 is 3.56. The second-order valence-corrected chi connectivity index (χ2v) is 6.72. The highest BCUT2D eigenvalue weighted by molar-refractivity contribution is 9.10. The van der Waals surface area contributed by atoms with Crippen LogP contribution in [-0.2, 0) is 11.3 Å². The molecular weight excluding hydrogens is 346 g/mol. The van der Waals surface area contributed by atoms with Gasteiger partial charge in [-0.2, -0.15) is 0 Å². The number of hydrogen-bond acceptors (Lipinski definition) is 3. The van der Waals surface area contributed by atoms with Gasteiger partial charge in [-0.3, -0.25) is 4.79 Å². The van der Waals surface area contributed by atoms with Gasteiger partial charge in [0.1, 0.15) is 0 Å². The summed E-state index contributed by atoms with van der Waals surface area (Å²) in [5.74, 6) is -0.0176. The largest absolute Gasteiger partial charge is 0.391 e. The average molecular weight is 362 g/mol. The number of aliphatic hydroxyl groups excluding tert-OH is 1. The molecule has 5 heteroatoms. The lowest BCUT2D eigenvalue weighted by molar-refractivity contribution is -0.0528. The first-order valence-corrected chi connectivity index (χ1v) is 8.23. The summed E-state index contributed by atoms with van der Waals surface area (Å²) in [5, 5.41) is 12.4. The zero-order valence-electron chi connectivity index (χ0n) is 12.0. The Balaban J connectivity index is 1.79. The fraction of sp³-hybridized carbons (Fsp3) is 0.353. The molecule has 2 aromatic rings. The molecule has 0 bridgehead atoms. The molecule has 2 atom stereocenters. The van der Waals surface area contributed by atoms with Crippen LogP contribution in [0.25, 0.3) is 10.8 Å². The standard InChI is InChI=1S/C17H16BrNO3/c18-14-7-12-13(10-3-1-2-4-11(10)14)8-19(17(12)21)15-9-22-6-5-16(15)20/h1-4,7,15-16,20H,5-6,8-9H2/t15-,16-/m0/s1. The third-order valence-corrected chi connectivity index (χ3v) is 5.27. The molecule has 22 heavy (non-hydrogen) atoms. The van der Waals surface area contributed by atoms with Gasteiger partial charge in [-0.25, -0.2) is 0 Å². The lowest BCUT2D eigenvalue weighted by Crippen LogP contribution is -2.49. The maximum Gasteiger partial charge on any atom is 0.254 e. The van der Waals surface area contributed by atoms with Crippen LogP contribution in [0.1, 0.15) is 22.3 Å². The predicted molar refractivity (Wildman–Crippen MR) is 86.8 cm³/mol. The highest BCUT2D eigenvalue weighted by Gasteiger charge is 2.38. The SMILES string of the molecule is O=C1c2cc(Br)c3ccccc3c2CN1[C@H]1COCC[C@@H]1O. The fourth-order valence-electron chi connectivity index (χ4n) is 3.43. The molecule has 0 radical (unpaired) electrons. The van der Waals surface area contributed by atoms with Gasteiger partial charge in [0.05, 0.1) is 18.8 Å². The summed E-state index contributed by atoms with van der Waals surface area (Å²) in [6, 6.07) is 9.71. The Kier molecular flexibility index (Phi) is 3.44. The summed E-state index contributed by atoms with van der Waals surface area (Å²) in [5.41, 5.74) is 1.77. The van der Waals surface area contributed by atoms with E-state index in [2.05, 4.69) is 15.9 Å². The average Bonchev–Trinajstić information content (AvgIpc) is 2.86. The molecule has 4 rings (SSSR count). The van der Waals surface area contributed by atoms with Crippen molar-refractivity contribution in [3.05, 3.63) is 45.9 Å². The highest BCUT2D eigenvalue weighted by Crippen LogP contribution is 2.36. The van der Waals surface area contributed by atoms with Crippen molar-refractivity contribution in [2.45, 2.75) is 25.1 Å². The van der Waals surface area contributed by atoms with E-state index in [1.165, 1.54) is 0 Å². The molecule has 1 N–H and O–H groups in total. The lowest BCUT2D eigenvalue weighted by Gasteiger charge is -2.34. The van der Waals surface area contributed by atoms with E-state index in [1.807, 2.05) is 30.3 Å². The van der Waals surface area contributed by atoms with Crippen molar-refractivity contribution in [3.8, 4) is 0 Å². The molecule has 2 aromatic carbocycles. The van der Waals surface area contributed by atoms with Crippen LogP contribution in [0.3, 0.4) is 0 Å². The van der Waals surface area contributed by atoms with Gasteiger partial charge in [-0.05, 0) is 28.8 Å². The van der Waals surface area contributed by atoms with E-state index in [-0.39, 0.29) is 11.9 Å². The molecule has 4 nitrogen and oxygen atoms in total. The maximum absolute atomic E-state index is 12.8. The van der Waals surface area contributed by atoms with E-state index in [9.17, 15) is 9.90 Å². The number of nitrogens with zero attached hydrogens (tertiary/aromatic N) is 1. The summed E-state index contributed by atoms with van der Waals surface area (Å²) in [4.78, 5) is 14.5. The van der Waals surface area contributed by atoms with Crippen LogP contribution < -0.4 is 0 Å². The molecule has 2 aliphatic rings. The molecule has 2 aliphatic heterocycles. The van der Waals surface area contributed by atoms with Gasteiger partial charge in [0.2, 0.25) is 0 Å². The van der Waals surface area contributed by atoms with Gasteiger partial charge in [0, 0.05) is 23.2 Å². The normalized spacial score (nSPS) is 24.8. The number of benzene rings is 2. The van der Waals surface area contributed by atoms with Gasteiger partial charge < -0.3 is 14.7 Å². The number of halogens is 1. The maximum atomic E-state index is 12.8. The molecule has 1 saturated heterocycles. The molecule has 0 aromatic heterocycles. The van der Waals surface area contributed by atoms with Gasteiger partial charge in [0.15, 0.2) is 0 Å². The lowest BCUT2D eigenvalue weighted by atomic mass is 10.0. The molecule has 0 unspecified atom stereocenters. The van der Waals surface area contributed by atoms with Crippen molar-refractivity contribution in [3.63, 3.8) is 0 Å². The second kappa shape index (κ2) is 5.33. The van der Waals surface area contributed by atoms with E-state index < -0.39 is 6.10 Å². The van der Waals surface area contributed by atoms with Gasteiger partial charge in [0.25, 0.3) is 5.91 Å². The monoisotopic (exact) mass is 361 g/mol. The topological polar surface area (TPSA) is 49.8 Å². The van der Waals surface area contributed by atoms with Crippen LogP contribution in [0.4, 0.5) is 0 Å². The Morgan fingerprint density at radius 1 is 1.27 bits per heavy atom. The first-order valence-electron chi connectivity index (χ1n) is 7.43. The van der Waals surface area contributed by atoms with E-state index in [0.717, 1.165) is 26.4 Å². The number of fused-ring (bicyclic) bond motifs is 3. The molecule has 0 aliphatic carbocycles. The van der Waals surface area contributed by atoms with Gasteiger partial charge in [-0.15, -0.1) is 0 Å². The number of hydrogen-bond donors (Lipinski definition) is 1. The molecule has 0 spiro atoms. The minimum atomic E-state index is -0.512. The Morgan fingerprint density at radius 3 is 2.82 bits per heavy atom. The summed E-state index contributed by atoms with van der Waals surface area (Å²) in [7, 11) is 0. The highest BCUT2D eigenvalue weighted by atomic mass is 79.9. The minimum Gasteiger partial charge on any atom is -0.391 e. The van der Waals surface area contributed by atoms with Crippen molar-refractivity contribution < 1.29 is 14.6 Å². The van der Waals surface area contributed by atoms with Gasteiger partial charge in [-0.1, -0.05) is 40.2 Å². The molecular formula is C17H16BrNO3. The molecule has 0 saturated carbocycles. The quantitative estimate of drug-likeness (QED) is 0.849. The molecule has 1 fully saturated rings. The van der Waals surface area contributed by atoms with Crippen molar-refractivity contribution in [1.29, 1.82) is 0 Å². The Morgan fingerprint density at radius 2 is 2.05 bits per heavy atom. The van der Waals surface area contributed by atoms with E-state index >= 15 is 0 Å². The number of amides is 1. The minimum absolute atomic E-state index is 0.0176. The van der Waals surface area contributed by atoms with Crippen molar-refractivity contribution in [2.24, 2.45) is 0 Å². The van der Waals surface area contributed by atoms with E-state index in [4.69, 9.17) is 4.74 Å². The van der Waals surface area contributed by atoms with Crippen LogP contribution in [0, 0.1) is 0 Å². The fourth-order valence-corrected chi connectivity index (χ4v) is 4.00. The Bertz CT molecular complexity index is 761. The third kappa shape index (κ3) is 2.07. The number of aliphatic hydroxyl groups is 1. The summed E-state index contributed by atoms with van der Waals surface area (Å²) < 4.78 is 6.39. The summed E-state index contributed by atoms with van der Waals surface area (Å²) in [6.45, 7) is 1.49. The summed E-state index contributed by atoms with van der Waals surface area (Å²) in [6.07, 6.45) is 0.0663. The molecule has 114 valence electrons. The van der Waals surface area contributed by atoms with Gasteiger partial charge >= 0.3 is 0 Å². The van der Waals surface area contributed by atoms with Crippen molar-refractivity contribution in [1.82, 2.24) is 4.90 Å². The Labute approximate surface area is 136 Å². The number of ether oxygens (including phenoxy) is 1. The number of carbonyl (C=O) groups excluding carboxylic acids is 1. The number of rotatable bonds is 1. The van der Waals surface area contributed by atoms with Crippen molar-refractivity contribution >= 4 is 32.6 Å². The smallest absolute Gasteiger partial charge is 0.254 e. The molecule has 2 heterocycles. The van der Waals surface area contributed by atoms with Crippen LogP contribution in [0.2, 0.25) is 0 Å². The van der Waals surface area contributed by atoms with Crippen LogP contribution in [0.5, 0.6) is 0 Å². The molecule has 1 amide bonds. The Hall–Kier alpha value is -1.43. The van der Waals surface area contributed by atoms with Crippen LogP contribution in [0.15, 0.2) is 34.8 Å². The first-order chi connectivity index (χ1) is 10.7. The van der Waals surface area contributed by atoms with Crippen molar-refractivity contribution in [2.75, 3.05) is 13.2 Å². The predicted octanol–water partition coefficient (Wildman–Crippen LogP) is 2.71. The van der Waals surface area contributed by atoms with Crippen LogP contribution >= 0.6 is 15.9 Å². The second-order valence-electron chi connectivity index (χ2n) is 5.86. The van der Waals surface area contributed by atoms with Crippen LogP contribution in [-0.4, -0.2) is 41.3 Å². The first kappa shape index (κ1) is 14.2.